The Morgan fingerprint density at radius 1 is 1.41 bits per heavy atom. The van der Waals surface area contributed by atoms with Crippen molar-refractivity contribution in [3.8, 4) is 0 Å². The van der Waals surface area contributed by atoms with Gasteiger partial charge < -0.3 is 10.5 Å². The van der Waals surface area contributed by atoms with Gasteiger partial charge >= 0.3 is 5.97 Å². The van der Waals surface area contributed by atoms with Crippen LogP contribution in [0.25, 0.3) is 0 Å². The molecule has 0 radical (unpaired) electrons. The van der Waals surface area contributed by atoms with E-state index in [1.807, 2.05) is 27.7 Å². The van der Waals surface area contributed by atoms with Crippen molar-refractivity contribution >= 4 is 17.6 Å². The van der Waals surface area contributed by atoms with E-state index in [4.69, 9.17) is 22.1 Å². The SMILES string of the molecule is Cc1cc(Cl)ccc1C(N)C(=O)OC(C)(C)C. The van der Waals surface area contributed by atoms with Gasteiger partial charge in [-0.1, -0.05) is 17.7 Å². The minimum Gasteiger partial charge on any atom is -0.459 e. The fraction of sp³-hybridized carbons (Fsp3) is 0.462. The van der Waals surface area contributed by atoms with Gasteiger partial charge in [-0.2, -0.15) is 0 Å². The summed E-state index contributed by atoms with van der Waals surface area (Å²) in [6.07, 6.45) is 0. The number of nitrogens with two attached hydrogens (primary N) is 1. The number of rotatable bonds is 2. The molecule has 1 atom stereocenters. The van der Waals surface area contributed by atoms with E-state index >= 15 is 0 Å². The first-order valence-electron chi connectivity index (χ1n) is 5.45. The number of hydrogen-bond donors (Lipinski definition) is 1. The smallest absolute Gasteiger partial charge is 0.328 e. The molecule has 0 aliphatic rings. The molecule has 17 heavy (non-hydrogen) atoms. The molecule has 0 fully saturated rings. The second kappa shape index (κ2) is 5.07. The molecule has 1 rings (SSSR count). The molecule has 3 nitrogen and oxygen atoms in total. The van der Waals surface area contributed by atoms with Crippen LogP contribution in [0.1, 0.15) is 37.9 Å². The van der Waals surface area contributed by atoms with Gasteiger partial charge in [-0.05, 0) is 51.0 Å². The number of ether oxygens (including phenoxy) is 1. The number of esters is 1. The van der Waals surface area contributed by atoms with Gasteiger partial charge in [0.1, 0.15) is 11.6 Å². The van der Waals surface area contributed by atoms with Gasteiger partial charge in [-0.3, -0.25) is 0 Å². The Bertz CT molecular complexity index is 424. The molecule has 1 unspecified atom stereocenters. The first kappa shape index (κ1) is 14.0. The maximum absolute atomic E-state index is 11.8. The van der Waals surface area contributed by atoms with Crippen LogP contribution in [0.2, 0.25) is 5.02 Å². The van der Waals surface area contributed by atoms with E-state index < -0.39 is 17.6 Å². The van der Waals surface area contributed by atoms with Gasteiger partial charge in [0, 0.05) is 5.02 Å². The van der Waals surface area contributed by atoms with Gasteiger partial charge in [-0.25, -0.2) is 4.79 Å². The minimum absolute atomic E-state index is 0.428. The zero-order valence-corrected chi connectivity index (χ0v) is 11.3. The molecule has 1 aromatic rings. The molecule has 2 N–H and O–H groups in total. The van der Waals surface area contributed by atoms with E-state index in [0.29, 0.717) is 5.02 Å². The van der Waals surface area contributed by atoms with E-state index in [2.05, 4.69) is 0 Å². The van der Waals surface area contributed by atoms with Crippen LogP contribution >= 0.6 is 11.6 Å². The quantitative estimate of drug-likeness (QED) is 0.827. The molecule has 0 amide bonds. The summed E-state index contributed by atoms with van der Waals surface area (Å²) in [7, 11) is 0. The number of halogens is 1. The van der Waals surface area contributed by atoms with Crippen molar-refractivity contribution in [2.24, 2.45) is 5.73 Å². The summed E-state index contributed by atoms with van der Waals surface area (Å²) in [5, 5.41) is 0.627. The Morgan fingerprint density at radius 3 is 2.47 bits per heavy atom. The van der Waals surface area contributed by atoms with Crippen molar-refractivity contribution in [3.63, 3.8) is 0 Å². The minimum atomic E-state index is -0.772. The number of aryl methyl sites for hydroxylation is 1. The summed E-state index contributed by atoms with van der Waals surface area (Å²) in [5.41, 5.74) is 6.97. The maximum Gasteiger partial charge on any atom is 0.328 e. The maximum atomic E-state index is 11.8. The van der Waals surface area contributed by atoms with E-state index in [9.17, 15) is 4.79 Å². The van der Waals surface area contributed by atoms with Crippen LogP contribution in [0, 0.1) is 6.92 Å². The third-order valence-corrected chi connectivity index (χ3v) is 2.46. The van der Waals surface area contributed by atoms with Crippen LogP contribution < -0.4 is 5.73 Å². The van der Waals surface area contributed by atoms with Crippen molar-refractivity contribution in [2.75, 3.05) is 0 Å². The lowest BCUT2D eigenvalue weighted by Crippen LogP contribution is -2.31. The highest BCUT2D eigenvalue weighted by atomic mass is 35.5. The topological polar surface area (TPSA) is 52.3 Å². The first-order chi connectivity index (χ1) is 7.70. The molecular formula is C13H18ClNO2. The van der Waals surface area contributed by atoms with Crippen LogP contribution in [-0.2, 0) is 9.53 Å². The Labute approximate surface area is 107 Å². The second-order valence-electron chi connectivity index (χ2n) is 5.01. The first-order valence-corrected chi connectivity index (χ1v) is 5.83. The number of hydrogen-bond acceptors (Lipinski definition) is 3. The predicted molar refractivity (Wildman–Crippen MR) is 69.0 cm³/mol. The summed E-state index contributed by atoms with van der Waals surface area (Å²) in [4.78, 5) is 11.8. The van der Waals surface area contributed by atoms with Crippen molar-refractivity contribution in [1.29, 1.82) is 0 Å². The van der Waals surface area contributed by atoms with E-state index in [0.717, 1.165) is 11.1 Å². The van der Waals surface area contributed by atoms with Gasteiger partial charge in [0.2, 0.25) is 0 Å². The zero-order chi connectivity index (χ0) is 13.2. The summed E-state index contributed by atoms with van der Waals surface area (Å²) < 4.78 is 5.24. The van der Waals surface area contributed by atoms with E-state index in [-0.39, 0.29) is 0 Å². The molecule has 4 heteroatoms. The Kier molecular flexibility index (Phi) is 4.17. The van der Waals surface area contributed by atoms with Gasteiger partial charge in [0.15, 0.2) is 0 Å². The number of carbonyl (C=O) groups is 1. The van der Waals surface area contributed by atoms with Crippen molar-refractivity contribution in [2.45, 2.75) is 39.3 Å². The van der Waals surface area contributed by atoms with Crippen molar-refractivity contribution < 1.29 is 9.53 Å². The van der Waals surface area contributed by atoms with Crippen molar-refractivity contribution in [1.82, 2.24) is 0 Å². The molecule has 0 aliphatic heterocycles. The molecule has 0 saturated carbocycles. The van der Waals surface area contributed by atoms with Gasteiger partial charge in [-0.15, -0.1) is 0 Å². The van der Waals surface area contributed by atoms with Crippen molar-refractivity contribution in [3.05, 3.63) is 34.3 Å². The molecule has 0 heterocycles. The standard InChI is InChI=1S/C13H18ClNO2/c1-8-7-9(14)5-6-10(8)11(15)12(16)17-13(2,3)4/h5-7,11H,15H2,1-4H3. The molecular weight excluding hydrogens is 238 g/mol. The lowest BCUT2D eigenvalue weighted by molar-refractivity contribution is -0.156. The summed E-state index contributed by atoms with van der Waals surface area (Å²) in [6, 6.07) is 4.48. The molecule has 0 bridgehead atoms. The summed E-state index contributed by atoms with van der Waals surface area (Å²) >= 11 is 5.85. The van der Waals surface area contributed by atoms with Crippen LogP contribution in [-0.4, -0.2) is 11.6 Å². The highest BCUT2D eigenvalue weighted by Crippen LogP contribution is 2.22. The number of benzene rings is 1. The average Bonchev–Trinajstić information content (AvgIpc) is 2.14. The predicted octanol–water partition coefficient (Wildman–Crippen LogP) is 2.99. The van der Waals surface area contributed by atoms with Gasteiger partial charge in [0.05, 0.1) is 0 Å². The molecule has 0 aliphatic carbocycles. The zero-order valence-electron chi connectivity index (χ0n) is 10.6. The lowest BCUT2D eigenvalue weighted by atomic mass is 10.0. The number of carbonyl (C=O) groups excluding carboxylic acids is 1. The highest BCUT2D eigenvalue weighted by Gasteiger charge is 2.24. The molecule has 0 saturated heterocycles. The van der Waals surface area contributed by atoms with Crippen LogP contribution in [0.15, 0.2) is 18.2 Å². The van der Waals surface area contributed by atoms with Gasteiger partial charge in [0.25, 0.3) is 0 Å². The van der Waals surface area contributed by atoms with E-state index in [1.165, 1.54) is 0 Å². The third kappa shape index (κ3) is 4.02. The highest BCUT2D eigenvalue weighted by molar-refractivity contribution is 6.30. The van der Waals surface area contributed by atoms with Crippen LogP contribution in [0.4, 0.5) is 0 Å². The molecule has 0 aromatic heterocycles. The second-order valence-corrected chi connectivity index (χ2v) is 5.45. The van der Waals surface area contributed by atoms with Crippen LogP contribution in [0.3, 0.4) is 0 Å². The normalized spacial score (nSPS) is 13.3. The fourth-order valence-electron chi connectivity index (χ4n) is 1.48. The molecule has 0 spiro atoms. The largest absolute Gasteiger partial charge is 0.459 e. The monoisotopic (exact) mass is 255 g/mol. The van der Waals surface area contributed by atoms with Crippen LogP contribution in [0.5, 0.6) is 0 Å². The lowest BCUT2D eigenvalue weighted by Gasteiger charge is -2.23. The fourth-order valence-corrected chi connectivity index (χ4v) is 1.71. The summed E-state index contributed by atoms with van der Waals surface area (Å²) in [5.74, 6) is -0.428. The Balaban J connectivity index is 2.89. The van der Waals surface area contributed by atoms with E-state index in [1.54, 1.807) is 18.2 Å². The third-order valence-electron chi connectivity index (χ3n) is 2.23. The summed E-state index contributed by atoms with van der Waals surface area (Å²) in [6.45, 7) is 7.30. The molecule has 1 aromatic carbocycles. The Hall–Kier alpha value is -1.06. The molecule has 94 valence electrons. The average molecular weight is 256 g/mol. The Morgan fingerprint density at radius 2 is 2.00 bits per heavy atom.